The quantitative estimate of drug-likeness (QED) is 0.814. The number of nitrogens with zero attached hydrogens (tertiary/aromatic N) is 1. The molecule has 1 fully saturated rings. The molecule has 0 bridgehead atoms. The van der Waals surface area contributed by atoms with Crippen LogP contribution in [-0.4, -0.2) is 48.9 Å². The van der Waals surface area contributed by atoms with Gasteiger partial charge < -0.3 is 20.1 Å². The lowest BCUT2D eigenvalue weighted by Crippen LogP contribution is -2.45. The van der Waals surface area contributed by atoms with Gasteiger partial charge in [0.25, 0.3) is 0 Å². The van der Waals surface area contributed by atoms with Gasteiger partial charge in [0, 0.05) is 25.8 Å². The third kappa shape index (κ3) is 4.56. The molecule has 0 unspecified atom stereocenters. The molecule has 2 rings (SSSR count). The number of benzene rings is 1. The summed E-state index contributed by atoms with van der Waals surface area (Å²) < 4.78 is 31.2. The van der Waals surface area contributed by atoms with Crippen LogP contribution in [0.2, 0.25) is 0 Å². The van der Waals surface area contributed by atoms with Crippen LogP contribution in [0.15, 0.2) is 18.2 Å². The molecule has 1 aliphatic heterocycles. The minimum atomic E-state index is -0.766. The number of hydrogen-bond acceptors (Lipinski definition) is 3. The smallest absolute Gasteiger partial charge is 0.317 e. The molecule has 5 nitrogen and oxygen atoms in total. The van der Waals surface area contributed by atoms with Gasteiger partial charge in [-0.25, -0.2) is 13.6 Å². The molecule has 22 heavy (non-hydrogen) atoms. The summed E-state index contributed by atoms with van der Waals surface area (Å²) in [7, 11) is 0. The van der Waals surface area contributed by atoms with Crippen LogP contribution >= 0.6 is 0 Å². The van der Waals surface area contributed by atoms with E-state index in [9.17, 15) is 13.6 Å². The maximum atomic E-state index is 13.3. The number of halogens is 2. The second kappa shape index (κ2) is 7.93. The van der Waals surface area contributed by atoms with E-state index in [1.54, 1.807) is 4.90 Å². The molecule has 2 amide bonds. The Morgan fingerprint density at radius 3 is 2.73 bits per heavy atom. The summed E-state index contributed by atoms with van der Waals surface area (Å²) in [5.74, 6) is -1.20. The lowest BCUT2D eigenvalue weighted by Gasteiger charge is -2.31. The number of rotatable bonds is 5. The first-order chi connectivity index (χ1) is 10.6. The van der Waals surface area contributed by atoms with Gasteiger partial charge in [0.2, 0.25) is 0 Å². The Kier molecular flexibility index (Phi) is 5.94. The van der Waals surface area contributed by atoms with E-state index >= 15 is 0 Å². The summed E-state index contributed by atoms with van der Waals surface area (Å²) in [5, 5.41) is 11.7. The van der Waals surface area contributed by atoms with Crippen LogP contribution < -0.4 is 10.1 Å². The Morgan fingerprint density at radius 2 is 2.09 bits per heavy atom. The first kappa shape index (κ1) is 16.5. The lowest BCUT2D eigenvalue weighted by molar-refractivity contribution is 0.136. The number of piperidine rings is 1. The summed E-state index contributed by atoms with van der Waals surface area (Å²) >= 11 is 0. The molecule has 0 spiro atoms. The molecule has 122 valence electrons. The fourth-order valence-electron chi connectivity index (χ4n) is 2.34. The zero-order valence-corrected chi connectivity index (χ0v) is 12.2. The van der Waals surface area contributed by atoms with Gasteiger partial charge in [0.15, 0.2) is 11.6 Å². The van der Waals surface area contributed by atoms with Crippen LogP contribution in [0, 0.1) is 17.6 Å². The van der Waals surface area contributed by atoms with E-state index in [4.69, 9.17) is 9.84 Å². The molecule has 0 aliphatic carbocycles. The van der Waals surface area contributed by atoms with E-state index in [2.05, 4.69) is 5.32 Å². The number of urea groups is 1. The highest BCUT2D eigenvalue weighted by Crippen LogP contribution is 2.17. The van der Waals surface area contributed by atoms with Crippen LogP contribution in [0.3, 0.4) is 0 Å². The fourth-order valence-corrected chi connectivity index (χ4v) is 2.34. The molecule has 0 atom stereocenters. The number of aliphatic hydroxyl groups excluding tert-OH is 1. The summed E-state index contributed by atoms with van der Waals surface area (Å²) in [6, 6.07) is 2.88. The fraction of sp³-hybridized carbons (Fsp3) is 0.533. The monoisotopic (exact) mass is 314 g/mol. The largest absolute Gasteiger partial charge is 0.489 e. The summed E-state index contributed by atoms with van der Waals surface area (Å²) in [4.78, 5) is 13.6. The van der Waals surface area contributed by atoms with E-state index < -0.39 is 11.6 Å². The van der Waals surface area contributed by atoms with Gasteiger partial charge in [-0.3, -0.25) is 0 Å². The van der Waals surface area contributed by atoms with Gasteiger partial charge in [0.05, 0.1) is 6.54 Å². The molecule has 1 saturated heterocycles. The van der Waals surface area contributed by atoms with Crippen molar-refractivity contribution in [3.8, 4) is 5.75 Å². The van der Waals surface area contributed by atoms with E-state index in [1.807, 2.05) is 0 Å². The second-order valence-electron chi connectivity index (χ2n) is 5.27. The predicted molar refractivity (Wildman–Crippen MR) is 76.6 cm³/mol. The Hall–Kier alpha value is -1.89. The molecule has 7 heteroatoms. The SMILES string of the molecule is O=C(NCCOc1ccc(F)cc1F)N1CCC(CO)CC1. The van der Waals surface area contributed by atoms with Crippen molar-refractivity contribution in [2.45, 2.75) is 12.8 Å². The molecule has 1 aliphatic rings. The number of hydrogen-bond donors (Lipinski definition) is 2. The summed E-state index contributed by atoms with van der Waals surface area (Å²) in [6.45, 7) is 1.72. The van der Waals surface area contributed by atoms with Crippen LogP contribution in [-0.2, 0) is 0 Å². The topological polar surface area (TPSA) is 61.8 Å². The molecule has 2 N–H and O–H groups in total. The number of carbonyl (C=O) groups is 1. The normalized spacial score (nSPS) is 15.7. The summed E-state index contributed by atoms with van der Waals surface area (Å²) in [6.07, 6.45) is 1.59. The molecular weight excluding hydrogens is 294 g/mol. The molecule has 0 aromatic heterocycles. The first-order valence-corrected chi connectivity index (χ1v) is 7.31. The van der Waals surface area contributed by atoms with Crippen LogP contribution in [0.4, 0.5) is 13.6 Å². The third-order valence-electron chi connectivity index (χ3n) is 3.69. The molecular formula is C15H20F2N2O3. The van der Waals surface area contributed by atoms with Gasteiger partial charge in [0.1, 0.15) is 12.4 Å². The van der Waals surface area contributed by atoms with Crippen LogP contribution in [0.25, 0.3) is 0 Å². The maximum Gasteiger partial charge on any atom is 0.317 e. The van der Waals surface area contributed by atoms with E-state index in [1.165, 1.54) is 6.07 Å². The molecule has 1 heterocycles. The Balaban J connectivity index is 1.67. The van der Waals surface area contributed by atoms with Crippen molar-refractivity contribution >= 4 is 6.03 Å². The van der Waals surface area contributed by atoms with Crippen molar-refractivity contribution in [3.05, 3.63) is 29.8 Å². The predicted octanol–water partition coefficient (Wildman–Crippen LogP) is 1.76. The standard InChI is InChI=1S/C15H20F2N2O3/c16-12-1-2-14(13(17)9-12)22-8-5-18-15(21)19-6-3-11(10-20)4-7-19/h1-2,9,11,20H,3-8,10H2,(H,18,21). The average molecular weight is 314 g/mol. The van der Waals surface area contributed by atoms with E-state index in [0.717, 1.165) is 25.0 Å². The van der Waals surface area contributed by atoms with Gasteiger partial charge in [-0.15, -0.1) is 0 Å². The van der Waals surface area contributed by atoms with Crippen molar-refractivity contribution in [3.63, 3.8) is 0 Å². The number of aliphatic hydroxyl groups is 1. The lowest BCUT2D eigenvalue weighted by atomic mass is 9.98. The highest BCUT2D eigenvalue weighted by Gasteiger charge is 2.21. The molecule has 0 radical (unpaired) electrons. The Bertz CT molecular complexity index is 506. The Labute approximate surface area is 127 Å². The Morgan fingerprint density at radius 1 is 1.36 bits per heavy atom. The second-order valence-corrected chi connectivity index (χ2v) is 5.27. The third-order valence-corrected chi connectivity index (χ3v) is 3.69. The highest BCUT2D eigenvalue weighted by atomic mass is 19.1. The number of likely N-dealkylation sites (tertiary alicyclic amines) is 1. The van der Waals surface area contributed by atoms with Crippen molar-refractivity contribution < 1.29 is 23.4 Å². The minimum absolute atomic E-state index is 0.0422. The number of nitrogens with one attached hydrogen (secondary N) is 1. The maximum absolute atomic E-state index is 13.3. The van der Waals surface area contributed by atoms with E-state index in [0.29, 0.717) is 13.1 Å². The molecule has 0 saturated carbocycles. The van der Waals surface area contributed by atoms with Gasteiger partial charge in [-0.2, -0.15) is 0 Å². The minimum Gasteiger partial charge on any atom is -0.489 e. The average Bonchev–Trinajstić information content (AvgIpc) is 2.53. The van der Waals surface area contributed by atoms with Gasteiger partial charge in [-0.1, -0.05) is 0 Å². The summed E-state index contributed by atoms with van der Waals surface area (Å²) in [5.41, 5.74) is 0. The van der Waals surface area contributed by atoms with Crippen molar-refractivity contribution in [1.29, 1.82) is 0 Å². The number of carbonyl (C=O) groups excluding carboxylic acids is 1. The van der Waals surface area contributed by atoms with Crippen molar-refractivity contribution in [2.24, 2.45) is 5.92 Å². The van der Waals surface area contributed by atoms with Gasteiger partial charge >= 0.3 is 6.03 Å². The van der Waals surface area contributed by atoms with Crippen molar-refractivity contribution in [1.82, 2.24) is 10.2 Å². The van der Waals surface area contributed by atoms with Crippen LogP contribution in [0.1, 0.15) is 12.8 Å². The molecule has 1 aromatic rings. The van der Waals surface area contributed by atoms with Crippen LogP contribution in [0.5, 0.6) is 5.75 Å². The highest BCUT2D eigenvalue weighted by molar-refractivity contribution is 5.74. The number of ether oxygens (including phenoxy) is 1. The zero-order chi connectivity index (χ0) is 15.9. The zero-order valence-electron chi connectivity index (χ0n) is 12.2. The van der Waals surface area contributed by atoms with E-state index in [-0.39, 0.29) is 37.5 Å². The molecule has 1 aromatic carbocycles. The van der Waals surface area contributed by atoms with Crippen molar-refractivity contribution in [2.75, 3.05) is 32.8 Å². The first-order valence-electron chi connectivity index (χ1n) is 7.31. The number of amides is 2. The van der Waals surface area contributed by atoms with Gasteiger partial charge in [-0.05, 0) is 30.9 Å².